The van der Waals surface area contributed by atoms with Crippen molar-refractivity contribution in [1.82, 2.24) is 0 Å². The number of aliphatic hydroxyl groups excluding tert-OH is 1. The van der Waals surface area contributed by atoms with Gasteiger partial charge in [-0.1, -0.05) is 45.4 Å². The number of hydrogen-bond donors (Lipinski definition) is 1. The first-order valence-corrected chi connectivity index (χ1v) is 5.61. The summed E-state index contributed by atoms with van der Waals surface area (Å²) < 4.78 is 25.1. The van der Waals surface area contributed by atoms with Gasteiger partial charge in [0.25, 0.3) is 5.92 Å². The van der Waals surface area contributed by atoms with Crippen molar-refractivity contribution in [1.29, 1.82) is 0 Å². The molecule has 0 fully saturated rings. The molecule has 86 valence electrons. The zero-order valence-electron chi connectivity index (χ0n) is 9.07. The monoisotopic (exact) mass is 208 g/mol. The molecular formula is C11H22F2O. The maximum absolute atomic E-state index is 12.5. The fourth-order valence-electron chi connectivity index (χ4n) is 1.42. The van der Waals surface area contributed by atoms with Crippen LogP contribution in [-0.2, 0) is 0 Å². The molecule has 0 spiro atoms. The third-order valence-electron chi connectivity index (χ3n) is 2.38. The van der Waals surface area contributed by atoms with Crippen molar-refractivity contribution in [3.63, 3.8) is 0 Å². The topological polar surface area (TPSA) is 20.2 Å². The Bertz CT molecular complexity index is 126. The largest absolute Gasteiger partial charge is 0.390 e. The average Bonchev–Trinajstić information content (AvgIpc) is 2.16. The van der Waals surface area contributed by atoms with E-state index in [9.17, 15) is 8.78 Å². The molecule has 0 unspecified atom stereocenters. The Balaban J connectivity index is 3.13. The van der Waals surface area contributed by atoms with Gasteiger partial charge in [0.15, 0.2) is 0 Å². The fraction of sp³-hybridized carbons (Fsp3) is 1.00. The van der Waals surface area contributed by atoms with Gasteiger partial charge < -0.3 is 5.11 Å². The van der Waals surface area contributed by atoms with E-state index >= 15 is 0 Å². The van der Waals surface area contributed by atoms with Crippen molar-refractivity contribution in [3.8, 4) is 0 Å². The van der Waals surface area contributed by atoms with Crippen molar-refractivity contribution in [2.45, 2.75) is 64.2 Å². The summed E-state index contributed by atoms with van der Waals surface area (Å²) in [6.07, 6.45) is 7.08. The zero-order valence-corrected chi connectivity index (χ0v) is 9.07. The predicted molar refractivity (Wildman–Crippen MR) is 54.6 cm³/mol. The van der Waals surface area contributed by atoms with Gasteiger partial charge in [-0.3, -0.25) is 0 Å². The van der Waals surface area contributed by atoms with Crippen molar-refractivity contribution >= 4 is 0 Å². The molecule has 0 bridgehead atoms. The molecule has 0 atom stereocenters. The molecule has 0 saturated carbocycles. The molecule has 0 aromatic rings. The second-order valence-corrected chi connectivity index (χ2v) is 3.89. The van der Waals surface area contributed by atoms with E-state index < -0.39 is 12.5 Å². The average molecular weight is 208 g/mol. The highest BCUT2D eigenvalue weighted by molar-refractivity contribution is 4.63. The smallest absolute Gasteiger partial charge is 0.270 e. The maximum atomic E-state index is 12.5. The summed E-state index contributed by atoms with van der Waals surface area (Å²) in [5, 5.41) is 8.32. The van der Waals surface area contributed by atoms with Gasteiger partial charge in [-0.25, -0.2) is 8.78 Å². The molecule has 1 nitrogen and oxygen atoms in total. The van der Waals surface area contributed by atoms with E-state index in [-0.39, 0.29) is 6.42 Å². The van der Waals surface area contributed by atoms with E-state index in [2.05, 4.69) is 6.92 Å². The SMILES string of the molecule is CCCCCCCCCC(F)(F)CO. The second-order valence-electron chi connectivity index (χ2n) is 3.89. The fourth-order valence-corrected chi connectivity index (χ4v) is 1.42. The van der Waals surface area contributed by atoms with Crippen molar-refractivity contribution in [2.75, 3.05) is 6.61 Å². The molecule has 0 aliphatic carbocycles. The third-order valence-corrected chi connectivity index (χ3v) is 2.38. The van der Waals surface area contributed by atoms with Crippen molar-refractivity contribution < 1.29 is 13.9 Å². The van der Waals surface area contributed by atoms with Crippen LogP contribution in [0.4, 0.5) is 8.78 Å². The first-order valence-electron chi connectivity index (χ1n) is 5.61. The van der Waals surface area contributed by atoms with Crippen LogP contribution in [0.15, 0.2) is 0 Å². The van der Waals surface area contributed by atoms with E-state index in [1.54, 1.807) is 0 Å². The number of unbranched alkanes of at least 4 members (excludes halogenated alkanes) is 6. The van der Waals surface area contributed by atoms with Crippen LogP contribution >= 0.6 is 0 Å². The van der Waals surface area contributed by atoms with Crippen LogP contribution in [0.5, 0.6) is 0 Å². The first-order chi connectivity index (χ1) is 6.62. The van der Waals surface area contributed by atoms with Gasteiger partial charge in [-0.15, -0.1) is 0 Å². The Kier molecular flexibility index (Phi) is 8.05. The highest BCUT2D eigenvalue weighted by atomic mass is 19.3. The summed E-state index contributed by atoms with van der Waals surface area (Å²) in [6, 6.07) is 0. The van der Waals surface area contributed by atoms with Gasteiger partial charge in [-0.2, -0.15) is 0 Å². The lowest BCUT2D eigenvalue weighted by atomic mass is 10.1. The molecule has 0 heterocycles. The summed E-state index contributed by atoms with van der Waals surface area (Å²) in [5.74, 6) is -2.86. The van der Waals surface area contributed by atoms with E-state index in [0.29, 0.717) is 6.42 Å². The van der Waals surface area contributed by atoms with Gasteiger partial charge in [0.2, 0.25) is 0 Å². The van der Waals surface area contributed by atoms with Gasteiger partial charge in [0, 0.05) is 6.42 Å². The van der Waals surface area contributed by atoms with E-state index in [4.69, 9.17) is 5.11 Å². The van der Waals surface area contributed by atoms with Crippen LogP contribution in [-0.4, -0.2) is 17.6 Å². The molecule has 0 aromatic heterocycles. The lowest BCUT2D eigenvalue weighted by Gasteiger charge is -2.12. The third kappa shape index (κ3) is 8.42. The van der Waals surface area contributed by atoms with Crippen LogP contribution in [0.2, 0.25) is 0 Å². The Morgan fingerprint density at radius 3 is 1.93 bits per heavy atom. The quantitative estimate of drug-likeness (QED) is 0.572. The molecular weight excluding hydrogens is 186 g/mol. The van der Waals surface area contributed by atoms with Crippen molar-refractivity contribution in [2.24, 2.45) is 0 Å². The van der Waals surface area contributed by atoms with Crippen LogP contribution < -0.4 is 0 Å². The number of halogens is 2. The molecule has 0 amide bonds. The van der Waals surface area contributed by atoms with E-state index in [0.717, 1.165) is 19.3 Å². The Morgan fingerprint density at radius 1 is 0.929 bits per heavy atom. The first kappa shape index (κ1) is 13.8. The maximum Gasteiger partial charge on any atom is 0.270 e. The minimum atomic E-state index is -2.86. The van der Waals surface area contributed by atoms with E-state index in [1.807, 2.05) is 0 Å². The highest BCUT2D eigenvalue weighted by Crippen LogP contribution is 2.21. The van der Waals surface area contributed by atoms with Crippen LogP contribution in [0.1, 0.15) is 58.3 Å². The molecule has 0 saturated heterocycles. The second kappa shape index (κ2) is 8.16. The lowest BCUT2D eigenvalue weighted by molar-refractivity contribution is -0.0578. The molecule has 14 heavy (non-hydrogen) atoms. The van der Waals surface area contributed by atoms with Crippen LogP contribution in [0, 0.1) is 0 Å². The number of hydrogen-bond acceptors (Lipinski definition) is 1. The molecule has 1 N–H and O–H groups in total. The summed E-state index contributed by atoms with van der Waals surface area (Å²) >= 11 is 0. The predicted octanol–water partition coefficient (Wildman–Crippen LogP) is 3.75. The summed E-state index contributed by atoms with van der Waals surface area (Å²) in [5.41, 5.74) is 0. The summed E-state index contributed by atoms with van der Waals surface area (Å²) in [7, 11) is 0. The number of aliphatic hydroxyl groups is 1. The summed E-state index contributed by atoms with van der Waals surface area (Å²) in [6.45, 7) is 1.14. The zero-order chi connectivity index (χ0) is 10.9. The Morgan fingerprint density at radius 2 is 1.43 bits per heavy atom. The van der Waals surface area contributed by atoms with Gasteiger partial charge in [0.1, 0.15) is 6.61 Å². The standard InChI is InChI=1S/C11H22F2O/c1-2-3-4-5-6-7-8-9-11(12,13)10-14/h14H,2-10H2,1H3. The molecule has 0 radical (unpaired) electrons. The minimum Gasteiger partial charge on any atom is -0.390 e. The van der Waals surface area contributed by atoms with Crippen LogP contribution in [0.25, 0.3) is 0 Å². The molecule has 0 aliphatic heterocycles. The number of rotatable bonds is 9. The molecule has 0 aliphatic rings. The lowest BCUT2D eigenvalue weighted by Crippen LogP contribution is -2.20. The molecule has 0 aromatic carbocycles. The van der Waals surface area contributed by atoms with Crippen molar-refractivity contribution in [3.05, 3.63) is 0 Å². The van der Waals surface area contributed by atoms with Gasteiger partial charge >= 0.3 is 0 Å². The Hall–Kier alpha value is -0.180. The minimum absolute atomic E-state index is 0.169. The Labute approximate surface area is 85.5 Å². The summed E-state index contributed by atoms with van der Waals surface area (Å²) in [4.78, 5) is 0. The van der Waals surface area contributed by atoms with Gasteiger partial charge in [-0.05, 0) is 6.42 Å². The normalized spacial score (nSPS) is 12.0. The van der Waals surface area contributed by atoms with Gasteiger partial charge in [0.05, 0.1) is 0 Å². The molecule has 0 rings (SSSR count). The van der Waals surface area contributed by atoms with E-state index in [1.165, 1.54) is 19.3 Å². The molecule has 3 heteroatoms. The van der Waals surface area contributed by atoms with Crippen LogP contribution in [0.3, 0.4) is 0 Å². The highest BCUT2D eigenvalue weighted by Gasteiger charge is 2.26. The number of alkyl halides is 2.